The zero-order chi connectivity index (χ0) is 22.7. The monoisotopic (exact) mass is 511 g/mol. The standard InChI is InChI=1S/C23H24F3N5O.2H2S/c1-15-13-19(14-21(28-15)23(24,25)26)29-17-5-7-18(8-6-17)30-22(32)16-3-9-20(10-4-16)31-12-2-11-27-31;;/h2-4,9-14,17-18H,5-8H2,1H3,(H,28,29)(H,30,32);2*1H2. The fraction of sp³-hybridized carbons (Fsp3) is 0.348. The first-order valence-corrected chi connectivity index (χ1v) is 10.5. The van der Waals surface area contributed by atoms with Crippen LogP contribution in [0.5, 0.6) is 0 Å². The molecule has 1 saturated carbocycles. The number of halogens is 3. The number of pyridine rings is 1. The molecular weight excluding hydrogens is 483 g/mol. The van der Waals surface area contributed by atoms with Crippen LogP contribution in [0.15, 0.2) is 54.9 Å². The summed E-state index contributed by atoms with van der Waals surface area (Å²) in [7, 11) is 0. The summed E-state index contributed by atoms with van der Waals surface area (Å²) in [5, 5.41) is 10.4. The fourth-order valence-electron chi connectivity index (χ4n) is 3.97. The van der Waals surface area contributed by atoms with Gasteiger partial charge >= 0.3 is 6.18 Å². The van der Waals surface area contributed by atoms with Crippen LogP contribution in [0.25, 0.3) is 5.69 Å². The summed E-state index contributed by atoms with van der Waals surface area (Å²) in [5.74, 6) is -0.131. The Kier molecular flexibility index (Phi) is 9.45. The molecule has 1 aliphatic rings. The van der Waals surface area contributed by atoms with Gasteiger partial charge in [-0.3, -0.25) is 4.79 Å². The van der Waals surface area contributed by atoms with Gasteiger partial charge in [-0.25, -0.2) is 9.67 Å². The van der Waals surface area contributed by atoms with Crippen LogP contribution in [0.3, 0.4) is 0 Å². The number of benzene rings is 1. The maximum Gasteiger partial charge on any atom is 0.433 e. The molecule has 34 heavy (non-hydrogen) atoms. The number of aryl methyl sites for hydroxylation is 1. The van der Waals surface area contributed by atoms with Crippen molar-refractivity contribution in [3.63, 3.8) is 0 Å². The Morgan fingerprint density at radius 1 is 1.03 bits per heavy atom. The summed E-state index contributed by atoms with van der Waals surface area (Å²) in [6.07, 6.45) is 2.07. The van der Waals surface area contributed by atoms with E-state index in [1.54, 1.807) is 36.0 Å². The minimum Gasteiger partial charge on any atom is -0.382 e. The summed E-state index contributed by atoms with van der Waals surface area (Å²) in [5.41, 5.74) is 1.31. The minimum atomic E-state index is -4.47. The van der Waals surface area contributed by atoms with Crippen molar-refractivity contribution in [3.05, 3.63) is 71.8 Å². The SMILES string of the molecule is Cc1cc(NC2CCC(NC(=O)c3ccc(-n4cccn4)cc3)CC2)cc(C(F)(F)F)n1.S.S. The third-order valence-corrected chi connectivity index (χ3v) is 5.58. The molecule has 2 aromatic heterocycles. The topological polar surface area (TPSA) is 71.8 Å². The van der Waals surface area contributed by atoms with Gasteiger partial charge in [0, 0.05) is 41.4 Å². The zero-order valence-electron chi connectivity index (χ0n) is 18.6. The van der Waals surface area contributed by atoms with Gasteiger partial charge < -0.3 is 10.6 Å². The van der Waals surface area contributed by atoms with E-state index in [0.29, 0.717) is 16.9 Å². The molecule has 0 aliphatic heterocycles. The molecule has 0 radical (unpaired) electrons. The lowest BCUT2D eigenvalue weighted by atomic mass is 9.90. The first kappa shape index (κ1) is 27.6. The van der Waals surface area contributed by atoms with Crippen LogP contribution in [-0.2, 0) is 6.18 Å². The molecule has 6 nitrogen and oxygen atoms in total. The second-order valence-corrected chi connectivity index (χ2v) is 8.04. The molecule has 3 aromatic rings. The van der Waals surface area contributed by atoms with E-state index in [9.17, 15) is 18.0 Å². The van der Waals surface area contributed by atoms with E-state index in [0.717, 1.165) is 37.4 Å². The number of carbonyl (C=O) groups is 1. The lowest BCUT2D eigenvalue weighted by Gasteiger charge is -2.30. The van der Waals surface area contributed by atoms with Crippen molar-refractivity contribution >= 4 is 38.6 Å². The summed E-state index contributed by atoms with van der Waals surface area (Å²) in [4.78, 5) is 16.2. The highest BCUT2D eigenvalue weighted by Crippen LogP contribution is 2.31. The average molecular weight is 512 g/mol. The summed E-state index contributed by atoms with van der Waals surface area (Å²) >= 11 is 0. The summed E-state index contributed by atoms with van der Waals surface area (Å²) in [6, 6.07) is 11.8. The Labute approximate surface area is 210 Å². The van der Waals surface area contributed by atoms with Gasteiger partial charge in [-0.15, -0.1) is 0 Å². The molecule has 2 N–H and O–H groups in total. The second-order valence-electron chi connectivity index (χ2n) is 8.04. The molecule has 0 saturated heterocycles. The maximum absolute atomic E-state index is 13.0. The van der Waals surface area contributed by atoms with Crippen molar-refractivity contribution in [1.29, 1.82) is 0 Å². The number of aromatic nitrogens is 3. The predicted octanol–water partition coefficient (Wildman–Crippen LogP) is 4.97. The lowest BCUT2D eigenvalue weighted by Crippen LogP contribution is -2.40. The second kappa shape index (κ2) is 11.7. The Hall–Kier alpha value is -2.66. The van der Waals surface area contributed by atoms with E-state index < -0.39 is 11.9 Å². The zero-order valence-corrected chi connectivity index (χ0v) is 20.6. The van der Waals surface area contributed by atoms with E-state index in [4.69, 9.17) is 0 Å². The molecular formula is C23H28F3N5OS2. The molecule has 1 aliphatic carbocycles. The van der Waals surface area contributed by atoms with Crippen LogP contribution < -0.4 is 10.6 Å². The Morgan fingerprint density at radius 3 is 2.26 bits per heavy atom. The minimum absolute atomic E-state index is 0. The lowest BCUT2D eigenvalue weighted by molar-refractivity contribution is -0.141. The van der Waals surface area contributed by atoms with Gasteiger partial charge in [0.2, 0.25) is 0 Å². The number of anilines is 1. The largest absolute Gasteiger partial charge is 0.433 e. The third kappa shape index (κ3) is 6.92. The van der Waals surface area contributed by atoms with Crippen molar-refractivity contribution in [3.8, 4) is 5.69 Å². The van der Waals surface area contributed by atoms with Crippen LogP contribution in [0.4, 0.5) is 18.9 Å². The van der Waals surface area contributed by atoms with E-state index in [1.165, 1.54) is 0 Å². The highest BCUT2D eigenvalue weighted by atomic mass is 32.1. The van der Waals surface area contributed by atoms with Gasteiger partial charge in [-0.2, -0.15) is 45.3 Å². The van der Waals surface area contributed by atoms with Crippen LogP contribution in [0.2, 0.25) is 0 Å². The molecule has 0 spiro atoms. The average Bonchev–Trinajstić information content (AvgIpc) is 3.29. The smallest absolute Gasteiger partial charge is 0.382 e. The number of carbonyl (C=O) groups excluding carboxylic acids is 1. The summed E-state index contributed by atoms with van der Waals surface area (Å²) in [6.45, 7) is 1.55. The number of rotatable bonds is 5. The molecule has 1 amide bonds. The van der Waals surface area contributed by atoms with Crippen molar-refractivity contribution in [2.75, 3.05) is 5.32 Å². The number of hydrogen-bond donors (Lipinski definition) is 2. The van der Waals surface area contributed by atoms with Crippen LogP contribution in [0.1, 0.15) is 47.4 Å². The van der Waals surface area contributed by atoms with E-state index in [2.05, 4.69) is 20.7 Å². The molecule has 0 bridgehead atoms. The number of nitrogens with one attached hydrogen (secondary N) is 2. The highest BCUT2D eigenvalue weighted by molar-refractivity contribution is 7.59. The molecule has 11 heteroatoms. The van der Waals surface area contributed by atoms with E-state index in [-0.39, 0.29) is 45.0 Å². The normalized spacial score (nSPS) is 17.8. The van der Waals surface area contributed by atoms with Gasteiger partial charge in [0.1, 0.15) is 5.69 Å². The number of hydrogen-bond acceptors (Lipinski definition) is 4. The van der Waals surface area contributed by atoms with Crippen molar-refractivity contribution < 1.29 is 18.0 Å². The molecule has 1 fully saturated rings. The van der Waals surface area contributed by atoms with Gasteiger partial charge in [0.25, 0.3) is 5.91 Å². The van der Waals surface area contributed by atoms with Crippen LogP contribution >= 0.6 is 27.0 Å². The van der Waals surface area contributed by atoms with Gasteiger partial charge in [0.05, 0.1) is 5.69 Å². The quantitative estimate of drug-likeness (QED) is 0.507. The molecule has 0 unspecified atom stereocenters. The predicted molar refractivity (Wildman–Crippen MR) is 135 cm³/mol. The molecule has 4 rings (SSSR count). The molecule has 2 heterocycles. The Balaban J connectivity index is 0.00000204. The van der Waals surface area contributed by atoms with E-state index in [1.807, 2.05) is 24.4 Å². The fourth-order valence-corrected chi connectivity index (χ4v) is 3.97. The third-order valence-electron chi connectivity index (χ3n) is 5.58. The van der Waals surface area contributed by atoms with Crippen molar-refractivity contribution in [2.45, 2.75) is 50.9 Å². The maximum atomic E-state index is 13.0. The van der Waals surface area contributed by atoms with Gasteiger partial charge in [0.15, 0.2) is 0 Å². The first-order chi connectivity index (χ1) is 15.3. The van der Waals surface area contributed by atoms with Gasteiger partial charge in [-0.05, 0) is 75.1 Å². The van der Waals surface area contributed by atoms with Crippen molar-refractivity contribution in [2.24, 2.45) is 0 Å². The van der Waals surface area contributed by atoms with Gasteiger partial charge in [-0.1, -0.05) is 0 Å². The number of alkyl halides is 3. The Morgan fingerprint density at radius 2 is 1.68 bits per heavy atom. The molecule has 184 valence electrons. The molecule has 1 aromatic carbocycles. The number of amides is 1. The van der Waals surface area contributed by atoms with Crippen LogP contribution in [0, 0.1) is 6.92 Å². The number of nitrogens with zero attached hydrogens (tertiary/aromatic N) is 3. The Bertz CT molecular complexity index is 1070. The molecule has 0 atom stereocenters. The highest BCUT2D eigenvalue weighted by Gasteiger charge is 2.33. The first-order valence-electron chi connectivity index (χ1n) is 10.5. The van der Waals surface area contributed by atoms with E-state index >= 15 is 0 Å². The van der Waals surface area contributed by atoms with Crippen molar-refractivity contribution in [1.82, 2.24) is 20.1 Å². The van der Waals surface area contributed by atoms with Crippen LogP contribution in [-0.4, -0.2) is 32.8 Å². The summed E-state index contributed by atoms with van der Waals surface area (Å²) < 4.78 is 40.7.